The lowest BCUT2D eigenvalue weighted by atomic mass is 9.98. The van der Waals surface area contributed by atoms with E-state index in [0.29, 0.717) is 5.82 Å². The fraction of sp³-hybridized carbons (Fsp3) is 0.400. The van der Waals surface area contributed by atoms with Gasteiger partial charge < -0.3 is 10.8 Å². The minimum Gasteiger partial charge on any atom is -0.390 e. The third-order valence-electron chi connectivity index (χ3n) is 3.19. The highest BCUT2D eigenvalue weighted by Gasteiger charge is 2.12. The second-order valence-corrected chi connectivity index (χ2v) is 5.59. The van der Waals surface area contributed by atoms with Gasteiger partial charge in [-0.15, -0.1) is 0 Å². The van der Waals surface area contributed by atoms with E-state index >= 15 is 0 Å². The molecule has 0 unspecified atom stereocenters. The molecule has 0 saturated heterocycles. The number of aliphatic hydroxyl groups is 1. The van der Waals surface area contributed by atoms with E-state index in [-0.39, 0.29) is 0 Å². The van der Waals surface area contributed by atoms with Crippen molar-refractivity contribution < 1.29 is 5.11 Å². The highest BCUT2D eigenvalue weighted by molar-refractivity contribution is 5.62. The molecule has 1 heterocycles. The number of aryl methyl sites for hydroxylation is 2. The van der Waals surface area contributed by atoms with Crippen LogP contribution in [0, 0.1) is 0 Å². The van der Waals surface area contributed by atoms with Gasteiger partial charge in [0, 0.05) is 18.7 Å². The van der Waals surface area contributed by atoms with Gasteiger partial charge >= 0.3 is 0 Å². The van der Waals surface area contributed by atoms with Gasteiger partial charge in [-0.05, 0) is 32.3 Å². The van der Waals surface area contributed by atoms with Crippen LogP contribution in [0.15, 0.2) is 30.3 Å². The average molecular weight is 259 g/mol. The first kappa shape index (κ1) is 13.6. The SMILES string of the molecule is Cn1nc(-c2ccc(CCC(C)(C)O)cc2)cc1N. The van der Waals surface area contributed by atoms with Crippen LogP contribution in [0.25, 0.3) is 11.3 Å². The number of aromatic nitrogens is 2. The van der Waals surface area contributed by atoms with E-state index in [4.69, 9.17) is 5.73 Å². The molecule has 4 nitrogen and oxygen atoms in total. The molecule has 0 spiro atoms. The molecule has 1 aromatic heterocycles. The maximum atomic E-state index is 9.72. The Morgan fingerprint density at radius 1 is 1.26 bits per heavy atom. The zero-order valence-electron chi connectivity index (χ0n) is 11.7. The molecule has 0 bridgehead atoms. The van der Waals surface area contributed by atoms with E-state index < -0.39 is 5.60 Å². The van der Waals surface area contributed by atoms with Crippen LogP contribution >= 0.6 is 0 Å². The quantitative estimate of drug-likeness (QED) is 0.886. The van der Waals surface area contributed by atoms with Gasteiger partial charge in [-0.3, -0.25) is 4.68 Å². The van der Waals surface area contributed by atoms with E-state index in [9.17, 15) is 5.11 Å². The average Bonchev–Trinajstić information content (AvgIpc) is 2.67. The summed E-state index contributed by atoms with van der Waals surface area (Å²) in [5, 5.41) is 14.1. The van der Waals surface area contributed by atoms with Crippen LogP contribution in [0.3, 0.4) is 0 Å². The fourth-order valence-electron chi connectivity index (χ4n) is 1.92. The third kappa shape index (κ3) is 3.58. The lowest BCUT2D eigenvalue weighted by molar-refractivity contribution is 0.0714. The predicted octanol–water partition coefficient (Wildman–Crippen LogP) is 2.37. The van der Waals surface area contributed by atoms with Crippen molar-refractivity contribution in [2.75, 3.05) is 5.73 Å². The minimum atomic E-state index is -0.617. The topological polar surface area (TPSA) is 64.1 Å². The summed E-state index contributed by atoms with van der Waals surface area (Å²) in [6.07, 6.45) is 1.62. The molecule has 0 radical (unpaired) electrons. The molecule has 0 atom stereocenters. The number of nitrogen functional groups attached to an aromatic ring is 1. The Kier molecular flexibility index (Phi) is 3.62. The first-order valence-corrected chi connectivity index (χ1v) is 6.46. The normalized spacial score (nSPS) is 11.8. The number of hydrogen-bond acceptors (Lipinski definition) is 3. The summed E-state index contributed by atoms with van der Waals surface area (Å²) in [5.74, 6) is 0.654. The van der Waals surface area contributed by atoms with E-state index in [1.54, 1.807) is 4.68 Å². The second-order valence-electron chi connectivity index (χ2n) is 5.59. The molecule has 0 aliphatic heterocycles. The van der Waals surface area contributed by atoms with Gasteiger partial charge in [0.05, 0.1) is 11.3 Å². The van der Waals surface area contributed by atoms with Crippen LogP contribution in [-0.2, 0) is 13.5 Å². The standard InChI is InChI=1S/C15H21N3O/c1-15(2,19)9-8-11-4-6-12(7-5-11)13-10-14(16)18(3)17-13/h4-7,10,19H,8-9,16H2,1-3H3. The summed E-state index contributed by atoms with van der Waals surface area (Å²) in [4.78, 5) is 0. The molecule has 2 aromatic rings. The summed E-state index contributed by atoms with van der Waals surface area (Å²) >= 11 is 0. The molecular weight excluding hydrogens is 238 g/mol. The van der Waals surface area contributed by atoms with Gasteiger partial charge in [-0.25, -0.2) is 0 Å². The van der Waals surface area contributed by atoms with Crippen molar-refractivity contribution in [1.29, 1.82) is 0 Å². The summed E-state index contributed by atoms with van der Waals surface area (Å²) in [5.41, 5.74) is 8.31. The van der Waals surface area contributed by atoms with Crippen molar-refractivity contribution in [3.8, 4) is 11.3 Å². The van der Waals surface area contributed by atoms with Gasteiger partial charge in [0.2, 0.25) is 0 Å². The van der Waals surface area contributed by atoms with E-state index in [1.807, 2.05) is 39.1 Å². The van der Waals surface area contributed by atoms with Crippen LogP contribution < -0.4 is 5.73 Å². The van der Waals surface area contributed by atoms with Crippen molar-refractivity contribution >= 4 is 5.82 Å². The Morgan fingerprint density at radius 2 is 1.89 bits per heavy atom. The highest BCUT2D eigenvalue weighted by atomic mass is 16.3. The van der Waals surface area contributed by atoms with Crippen LogP contribution in [0.5, 0.6) is 0 Å². The van der Waals surface area contributed by atoms with Crippen molar-refractivity contribution in [1.82, 2.24) is 9.78 Å². The number of hydrogen-bond donors (Lipinski definition) is 2. The van der Waals surface area contributed by atoms with Crippen molar-refractivity contribution in [3.63, 3.8) is 0 Å². The predicted molar refractivity (Wildman–Crippen MR) is 77.7 cm³/mol. The number of nitrogens with two attached hydrogens (primary N) is 1. The molecule has 0 amide bonds. The minimum absolute atomic E-state index is 0.617. The molecule has 0 saturated carbocycles. The summed E-state index contributed by atoms with van der Waals surface area (Å²) in [6.45, 7) is 3.66. The van der Waals surface area contributed by atoms with Crippen molar-refractivity contribution in [2.24, 2.45) is 7.05 Å². The zero-order valence-corrected chi connectivity index (χ0v) is 11.7. The second kappa shape index (κ2) is 5.05. The van der Waals surface area contributed by atoms with E-state index in [0.717, 1.165) is 24.1 Å². The molecule has 3 N–H and O–H groups in total. The maximum Gasteiger partial charge on any atom is 0.121 e. The van der Waals surface area contributed by atoms with Gasteiger partial charge in [0.15, 0.2) is 0 Å². The van der Waals surface area contributed by atoms with Crippen LogP contribution in [-0.4, -0.2) is 20.5 Å². The summed E-state index contributed by atoms with van der Waals surface area (Å²) in [6, 6.07) is 10.1. The number of anilines is 1. The zero-order chi connectivity index (χ0) is 14.0. The molecule has 0 fully saturated rings. The highest BCUT2D eigenvalue weighted by Crippen LogP contribution is 2.21. The van der Waals surface area contributed by atoms with Crippen molar-refractivity contribution in [2.45, 2.75) is 32.3 Å². The lowest BCUT2D eigenvalue weighted by Gasteiger charge is -2.16. The molecule has 102 valence electrons. The van der Waals surface area contributed by atoms with Crippen LogP contribution in [0.4, 0.5) is 5.82 Å². The summed E-state index contributed by atoms with van der Waals surface area (Å²) in [7, 11) is 1.83. The molecular formula is C15H21N3O. The summed E-state index contributed by atoms with van der Waals surface area (Å²) < 4.78 is 1.66. The van der Waals surface area contributed by atoms with Crippen LogP contribution in [0.2, 0.25) is 0 Å². The van der Waals surface area contributed by atoms with Crippen LogP contribution in [0.1, 0.15) is 25.8 Å². The smallest absolute Gasteiger partial charge is 0.121 e. The largest absolute Gasteiger partial charge is 0.390 e. The Labute approximate surface area is 113 Å². The Morgan fingerprint density at radius 3 is 2.37 bits per heavy atom. The van der Waals surface area contributed by atoms with Gasteiger partial charge in [-0.1, -0.05) is 24.3 Å². The lowest BCUT2D eigenvalue weighted by Crippen LogP contribution is -2.19. The van der Waals surface area contributed by atoms with Crippen molar-refractivity contribution in [3.05, 3.63) is 35.9 Å². The fourth-order valence-corrected chi connectivity index (χ4v) is 1.92. The Balaban J connectivity index is 2.10. The maximum absolute atomic E-state index is 9.72. The molecule has 1 aromatic carbocycles. The van der Waals surface area contributed by atoms with E-state index in [1.165, 1.54) is 5.56 Å². The number of benzene rings is 1. The van der Waals surface area contributed by atoms with E-state index in [2.05, 4.69) is 17.2 Å². The Bertz CT molecular complexity index is 530. The Hall–Kier alpha value is -1.81. The van der Waals surface area contributed by atoms with Gasteiger partial charge in [0.1, 0.15) is 5.82 Å². The van der Waals surface area contributed by atoms with Gasteiger partial charge in [-0.2, -0.15) is 5.10 Å². The first-order valence-electron chi connectivity index (χ1n) is 6.46. The molecule has 19 heavy (non-hydrogen) atoms. The molecule has 2 rings (SSSR count). The number of nitrogens with zero attached hydrogens (tertiary/aromatic N) is 2. The third-order valence-corrected chi connectivity index (χ3v) is 3.19. The monoisotopic (exact) mass is 259 g/mol. The van der Waals surface area contributed by atoms with Gasteiger partial charge in [0.25, 0.3) is 0 Å². The molecule has 0 aliphatic carbocycles. The molecule has 4 heteroatoms. The number of rotatable bonds is 4. The molecule has 0 aliphatic rings. The first-order chi connectivity index (χ1) is 8.85.